The maximum absolute atomic E-state index is 9.48. The molecule has 0 aliphatic carbocycles. The Bertz CT molecular complexity index is 775. The van der Waals surface area contributed by atoms with Gasteiger partial charge < -0.3 is 35.3 Å². The molecular formula is C18H17NO6S-2. The minimum Gasteiger partial charge on any atom is -0.545 e. The van der Waals surface area contributed by atoms with Crippen LogP contribution in [0.4, 0.5) is 0 Å². The molecule has 7 nitrogen and oxygen atoms in total. The number of hydrogen-bond acceptors (Lipinski definition) is 8. The monoisotopic (exact) mass is 375 g/mol. The van der Waals surface area contributed by atoms with E-state index in [0.29, 0.717) is 12.2 Å². The number of aromatic hydroxyl groups is 2. The van der Waals surface area contributed by atoms with Gasteiger partial charge in [-0.1, -0.05) is 30.0 Å². The van der Waals surface area contributed by atoms with Crippen LogP contribution in [0.1, 0.15) is 5.56 Å². The van der Waals surface area contributed by atoms with E-state index in [2.05, 4.69) is 11.4 Å². The zero-order valence-corrected chi connectivity index (χ0v) is 14.7. The van der Waals surface area contributed by atoms with Crippen molar-refractivity contribution in [3.05, 3.63) is 60.2 Å². The normalized spacial score (nSPS) is 10.2. The van der Waals surface area contributed by atoms with Gasteiger partial charge in [0.05, 0.1) is 11.9 Å². The second kappa shape index (κ2) is 10.8. The number of rotatable bonds is 6. The minimum atomic E-state index is -1.55. The van der Waals surface area contributed by atoms with Gasteiger partial charge in [-0.2, -0.15) is 0 Å². The number of carbonyl (C=O) groups is 2. The van der Waals surface area contributed by atoms with Crippen LogP contribution < -0.4 is 15.5 Å². The Labute approximate surface area is 154 Å². The van der Waals surface area contributed by atoms with Gasteiger partial charge in [-0.3, -0.25) is 0 Å². The molecule has 0 bridgehead atoms. The molecule has 2 aromatic carbocycles. The van der Waals surface area contributed by atoms with Crippen LogP contribution in [0, 0.1) is 0 Å². The number of benzene rings is 2. The van der Waals surface area contributed by atoms with E-state index in [0.717, 1.165) is 16.3 Å². The van der Waals surface area contributed by atoms with Crippen LogP contribution in [0.25, 0.3) is 0 Å². The zero-order chi connectivity index (χ0) is 19.5. The molecule has 0 radical (unpaired) electrons. The number of carboxylic acids is 2. The van der Waals surface area contributed by atoms with Crippen LogP contribution >= 0.6 is 11.8 Å². The first-order chi connectivity index (χ1) is 12.3. The average molecular weight is 375 g/mol. The quantitative estimate of drug-likeness (QED) is 0.475. The summed E-state index contributed by atoms with van der Waals surface area (Å²) >= 11 is 1.57. The fraction of sp³-hybridized carbons (Fsp3) is 0.111. The third-order valence-corrected chi connectivity index (χ3v) is 3.98. The first-order valence-electron chi connectivity index (χ1n) is 7.36. The number of aliphatic carboxylic acids is 2. The van der Waals surface area contributed by atoms with Crippen LogP contribution in [-0.2, 0) is 16.1 Å². The van der Waals surface area contributed by atoms with E-state index in [1.807, 2.05) is 25.2 Å². The van der Waals surface area contributed by atoms with E-state index < -0.39 is 11.9 Å². The summed E-state index contributed by atoms with van der Waals surface area (Å²) < 4.78 is 0. The van der Waals surface area contributed by atoms with Crippen molar-refractivity contribution in [1.82, 2.24) is 5.32 Å². The zero-order valence-electron chi connectivity index (χ0n) is 13.8. The van der Waals surface area contributed by atoms with Crippen molar-refractivity contribution < 1.29 is 30.0 Å². The molecule has 0 atom stereocenters. The lowest BCUT2D eigenvalue weighted by Gasteiger charge is -2.09. The predicted octanol–water partition coefficient (Wildman–Crippen LogP) is 0.0108. The second-order valence-electron chi connectivity index (χ2n) is 4.86. The fourth-order valence-corrected chi connectivity index (χ4v) is 2.75. The lowest BCUT2D eigenvalue weighted by Crippen LogP contribution is -2.23. The van der Waals surface area contributed by atoms with Crippen LogP contribution in [-0.4, -0.2) is 29.2 Å². The summed E-state index contributed by atoms with van der Waals surface area (Å²) in [5.74, 6) is -3.28. The predicted molar refractivity (Wildman–Crippen MR) is 92.3 cm³/mol. The van der Waals surface area contributed by atoms with Gasteiger partial charge >= 0.3 is 0 Å². The summed E-state index contributed by atoms with van der Waals surface area (Å²) in [6.45, 7) is 0.799. The molecule has 138 valence electrons. The first kappa shape index (κ1) is 21.1. The molecule has 0 heterocycles. The molecule has 0 spiro atoms. The van der Waals surface area contributed by atoms with Crippen molar-refractivity contribution in [2.45, 2.75) is 16.3 Å². The molecule has 8 heteroatoms. The highest BCUT2D eigenvalue weighted by molar-refractivity contribution is 7.99. The van der Waals surface area contributed by atoms with Gasteiger partial charge in [-0.25, -0.2) is 0 Å². The third kappa shape index (κ3) is 7.73. The number of phenolic OH excluding ortho intramolecular Hbond substituents is 2. The van der Waals surface area contributed by atoms with Gasteiger partial charge in [0.15, 0.2) is 11.5 Å². The Morgan fingerprint density at radius 1 is 1.04 bits per heavy atom. The Morgan fingerprint density at radius 2 is 1.65 bits per heavy atom. The van der Waals surface area contributed by atoms with E-state index >= 15 is 0 Å². The second-order valence-corrected chi connectivity index (χ2v) is 5.98. The smallest absolute Gasteiger partial charge is 0.158 e. The van der Waals surface area contributed by atoms with Gasteiger partial charge in [0.25, 0.3) is 0 Å². The van der Waals surface area contributed by atoms with Crippen LogP contribution in [0.2, 0.25) is 0 Å². The van der Waals surface area contributed by atoms with E-state index in [-0.39, 0.29) is 11.5 Å². The number of nitrogens with one attached hydrogen (secondary N) is 1. The Balaban J connectivity index is 0.000000359. The summed E-state index contributed by atoms with van der Waals surface area (Å²) in [4.78, 5) is 20.9. The van der Waals surface area contributed by atoms with Gasteiger partial charge in [-0.15, -0.1) is 0 Å². The van der Waals surface area contributed by atoms with Gasteiger partial charge in [-0.05, 0) is 49.0 Å². The van der Waals surface area contributed by atoms with E-state index in [9.17, 15) is 30.0 Å². The third-order valence-electron chi connectivity index (χ3n) is 2.87. The standard InChI is InChI=1S/C14H15NO2S.C4H4O4/c1-15-9-10-4-2-3-5-14(10)18-11-6-7-12(16)13(17)8-11;5-3(6)1-2-4(7)8/h2-8,15-17H,9H2,1H3;1-2H,(H,5,6)(H,7,8)/p-2/b;2-1-. The maximum atomic E-state index is 9.48. The summed E-state index contributed by atoms with van der Waals surface area (Å²) in [6, 6.07) is 13.0. The van der Waals surface area contributed by atoms with E-state index in [1.165, 1.54) is 11.6 Å². The lowest BCUT2D eigenvalue weighted by atomic mass is 10.2. The highest BCUT2D eigenvalue weighted by Crippen LogP contribution is 2.35. The molecule has 0 aromatic heterocycles. The van der Waals surface area contributed by atoms with Gasteiger partial charge in [0.2, 0.25) is 0 Å². The molecule has 2 aromatic rings. The maximum Gasteiger partial charge on any atom is 0.158 e. The van der Waals surface area contributed by atoms with Crippen molar-refractivity contribution in [2.24, 2.45) is 0 Å². The van der Waals surface area contributed by atoms with Crippen molar-refractivity contribution in [2.75, 3.05) is 7.05 Å². The van der Waals surface area contributed by atoms with E-state index in [1.54, 1.807) is 23.9 Å². The van der Waals surface area contributed by atoms with Crippen molar-refractivity contribution in [3.8, 4) is 11.5 Å². The molecule has 0 aliphatic heterocycles. The topological polar surface area (TPSA) is 133 Å². The molecule has 0 aliphatic rings. The summed E-state index contributed by atoms with van der Waals surface area (Å²) in [7, 11) is 1.91. The van der Waals surface area contributed by atoms with Gasteiger partial charge in [0, 0.05) is 16.3 Å². The Morgan fingerprint density at radius 3 is 2.19 bits per heavy atom. The molecule has 0 unspecified atom stereocenters. The number of hydrogen-bond donors (Lipinski definition) is 3. The number of phenols is 2. The molecule has 0 fully saturated rings. The van der Waals surface area contributed by atoms with Crippen molar-refractivity contribution >= 4 is 23.7 Å². The van der Waals surface area contributed by atoms with Crippen molar-refractivity contribution in [1.29, 1.82) is 0 Å². The first-order valence-corrected chi connectivity index (χ1v) is 8.17. The molecule has 0 amide bonds. The van der Waals surface area contributed by atoms with Crippen LogP contribution in [0.3, 0.4) is 0 Å². The molecule has 0 saturated carbocycles. The Kier molecular flexibility index (Phi) is 8.76. The Hall–Kier alpha value is -2.97. The van der Waals surface area contributed by atoms with Crippen LogP contribution in [0.15, 0.2) is 64.4 Å². The molecule has 26 heavy (non-hydrogen) atoms. The van der Waals surface area contributed by atoms with Crippen LogP contribution in [0.5, 0.6) is 11.5 Å². The SMILES string of the molecule is CNCc1ccccc1Sc1ccc(O)c(O)c1.O=C([O-])/C=C\C(=O)[O-]. The molecular weight excluding hydrogens is 358 g/mol. The number of carbonyl (C=O) groups excluding carboxylic acids is 2. The summed E-state index contributed by atoms with van der Waals surface area (Å²) in [5.41, 5.74) is 1.21. The highest BCUT2D eigenvalue weighted by atomic mass is 32.2. The summed E-state index contributed by atoms with van der Waals surface area (Å²) in [5, 5.41) is 40.7. The molecule has 2 rings (SSSR count). The highest BCUT2D eigenvalue weighted by Gasteiger charge is 2.05. The average Bonchev–Trinajstić information content (AvgIpc) is 2.59. The van der Waals surface area contributed by atoms with Gasteiger partial charge in [0.1, 0.15) is 0 Å². The lowest BCUT2D eigenvalue weighted by molar-refractivity contribution is -0.301. The fourth-order valence-electron chi connectivity index (χ4n) is 1.77. The molecule has 0 saturated heterocycles. The van der Waals surface area contributed by atoms with Crippen molar-refractivity contribution in [3.63, 3.8) is 0 Å². The minimum absolute atomic E-state index is 0.0916. The molecule has 3 N–H and O–H groups in total. The largest absolute Gasteiger partial charge is 0.545 e. The summed E-state index contributed by atoms with van der Waals surface area (Å²) in [6.07, 6.45) is 0.769. The van der Waals surface area contributed by atoms with E-state index in [4.69, 9.17) is 0 Å². The number of carboxylic acid groups (broad SMARTS) is 2.